The smallest absolute Gasteiger partial charge is 0.243 e. The van der Waals surface area contributed by atoms with Gasteiger partial charge >= 0.3 is 0 Å². The lowest BCUT2D eigenvalue weighted by Gasteiger charge is -2.34. The molecule has 24 heavy (non-hydrogen) atoms. The summed E-state index contributed by atoms with van der Waals surface area (Å²) >= 11 is 0. The quantitative estimate of drug-likeness (QED) is 0.854. The van der Waals surface area contributed by atoms with Crippen LogP contribution in [-0.2, 0) is 16.6 Å². The van der Waals surface area contributed by atoms with Crippen LogP contribution in [0.1, 0.15) is 11.1 Å². The van der Waals surface area contributed by atoms with Gasteiger partial charge in [0, 0.05) is 32.7 Å². The van der Waals surface area contributed by atoms with Crippen LogP contribution >= 0.6 is 0 Å². The predicted octanol–water partition coefficient (Wildman–Crippen LogP) is 2.06. The Kier molecular flexibility index (Phi) is 4.95. The van der Waals surface area contributed by atoms with Gasteiger partial charge in [-0.15, -0.1) is 0 Å². The minimum absolute atomic E-state index is 0.341. The molecule has 0 aromatic heterocycles. The fraction of sp³-hybridized carbons (Fsp3) is 0.278. The van der Waals surface area contributed by atoms with Crippen molar-refractivity contribution in [2.75, 3.05) is 26.2 Å². The lowest BCUT2D eigenvalue weighted by Crippen LogP contribution is -2.48. The van der Waals surface area contributed by atoms with Crippen molar-refractivity contribution in [1.29, 1.82) is 5.26 Å². The van der Waals surface area contributed by atoms with Gasteiger partial charge in [0.1, 0.15) is 0 Å². The summed E-state index contributed by atoms with van der Waals surface area (Å²) in [6.07, 6.45) is 0. The summed E-state index contributed by atoms with van der Waals surface area (Å²) in [6, 6.07) is 18.3. The summed E-state index contributed by atoms with van der Waals surface area (Å²) in [5, 5.41) is 9.17. The zero-order valence-corrected chi connectivity index (χ0v) is 14.1. The molecule has 1 aliphatic rings. The van der Waals surface area contributed by atoms with Gasteiger partial charge in [0.25, 0.3) is 0 Å². The topological polar surface area (TPSA) is 64.4 Å². The molecule has 5 nitrogen and oxygen atoms in total. The number of benzene rings is 2. The second-order valence-corrected chi connectivity index (χ2v) is 7.70. The zero-order valence-electron chi connectivity index (χ0n) is 13.3. The van der Waals surface area contributed by atoms with E-state index < -0.39 is 10.0 Å². The molecule has 0 unspecified atom stereocenters. The summed E-state index contributed by atoms with van der Waals surface area (Å²) in [5.41, 5.74) is 1.66. The molecular weight excluding hydrogens is 322 g/mol. The van der Waals surface area contributed by atoms with Crippen molar-refractivity contribution in [1.82, 2.24) is 9.21 Å². The number of hydrogen-bond acceptors (Lipinski definition) is 4. The number of nitrogens with zero attached hydrogens (tertiary/aromatic N) is 3. The van der Waals surface area contributed by atoms with Gasteiger partial charge < -0.3 is 0 Å². The third-order valence-corrected chi connectivity index (χ3v) is 6.16. The zero-order chi connectivity index (χ0) is 17.0. The molecule has 0 aliphatic carbocycles. The van der Waals surface area contributed by atoms with E-state index in [2.05, 4.69) is 11.0 Å². The Morgan fingerprint density at radius 3 is 2.21 bits per heavy atom. The predicted molar refractivity (Wildman–Crippen MR) is 91.6 cm³/mol. The minimum atomic E-state index is -3.42. The van der Waals surface area contributed by atoms with Crippen LogP contribution in [0.3, 0.4) is 0 Å². The number of hydrogen-bond donors (Lipinski definition) is 0. The minimum Gasteiger partial charge on any atom is -0.296 e. The van der Waals surface area contributed by atoms with Crippen molar-refractivity contribution in [3.05, 3.63) is 65.7 Å². The molecule has 2 aromatic carbocycles. The Hall–Kier alpha value is -2.20. The van der Waals surface area contributed by atoms with Gasteiger partial charge in [0.05, 0.1) is 16.5 Å². The highest BCUT2D eigenvalue weighted by molar-refractivity contribution is 7.89. The van der Waals surface area contributed by atoms with Crippen LogP contribution in [0.2, 0.25) is 0 Å². The molecule has 0 amide bonds. The molecule has 0 N–H and O–H groups in total. The summed E-state index contributed by atoms with van der Waals surface area (Å²) in [6.45, 7) is 2.92. The first kappa shape index (κ1) is 16.7. The Morgan fingerprint density at radius 2 is 1.54 bits per heavy atom. The maximum absolute atomic E-state index is 12.6. The van der Waals surface area contributed by atoms with E-state index in [1.54, 1.807) is 24.3 Å². The Balaban J connectivity index is 1.65. The molecular formula is C18H19N3O2S. The molecule has 0 radical (unpaired) electrons. The Labute approximate surface area is 142 Å². The van der Waals surface area contributed by atoms with Gasteiger partial charge in [-0.05, 0) is 23.8 Å². The van der Waals surface area contributed by atoms with Crippen LogP contribution in [0.15, 0.2) is 59.5 Å². The average Bonchev–Trinajstić information content (AvgIpc) is 2.63. The number of piperazine rings is 1. The van der Waals surface area contributed by atoms with Gasteiger partial charge in [0.2, 0.25) is 10.0 Å². The first-order valence-corrected chi connectivity index (χ1v) is 9.31. The van der Waals surface area contributed by atoms with Crippen LogP contribution in [0.4, 0.5) is 0 Å². The molecule has 1 fully saturated rings. The van der Waals surface area contributed by atoms with Gasteiger partial charge in [-0.25, -0.2) is 8.42 Å². The van der Waals surface area contributed by atoms with E-state index in [1.807, 2.05) is 30.3 Å². The number of nitriles is 1. The van der Waals surface area contributed by atoms with Crippen LogP contribution in [0.25, 0.3) is 0 Å². The monoisotopic (exact) mass is 341 g/mol. The van der Waals surface area contributed by atoms with E-state index in [0.29, 0.717) is 43.2 Å². The summed E-state index contributed by atoms with van der Waals surface area (Å²) in [7, 11) is -3.42. The fourth-order valence-electron chi connectivity index (χ4n) is 2.88. The first-order chi connectivity index (χ1) is 11.6. The highest BCUT2D eigenvalue weighted by atomic mass is 32.2. The Bertz CT molecular complexity index is 836. The van der Waals surface area contributed by atoms with E-state index in [1.165, 1.54) is 4.31 Å². The highest BCUT2D eigenvalue weighted by Crippen LogP contribution is 2.18. The van der Waals surface area contributed by atoms with Crippen molar-refractivity contribution in [3.8, 4) is 6.07 Å². The van der Waals surface area contributed by atoms with Crippen LogP contribution < -0.4 is 0 Å². The van der Waals surface area contributed by atoms with Crippen molar-refractivity contribution >= 4 is 10.0 Å². The van der Waals surface area contributed by atoms with Crippen molar-refractivity contribution < 1.29 is 8.42 Å². The van der Waals surface area contributed by atoms with E-state index >= 15 is 0 Å². The molecule has 1 heterocycles. The van der Waals surface area contributed by atoms with Gasteiger partial charge in [-0.1, -0.05) is 36.4 Å². The van der Waals surface area contributed by atoms with Crippen molar-refractivity contribution in [2.45, 2.75) is 11.4 Å². The maximum Gasteiger partial charge on any atom is 0.243 e. The Morgan fingerprint density at radius 1 is 0.917 bits per heavy atom. The summed E-state index contributed by atoms with van der Waals surface area (Å²) in [5.74, 6) is 0. The van der Waals surface area contributed by atoms with Crippen molar-refractivity contribution in [3.63, 3.8) is 0 Å². The van der Waals surface area contributed by atoms with Gasteiger partial charge in [-0.2, -0.15) is 9.57 Å². The summed E-state index contributed by atoms with van der Waals surface area (Å²) < 4.78 is 26.8. The SMILES string of the molecule is N#Cc1ccccc1CN1CCN(S(=O)(=O)c2ccccc2)CC1. The van der Waals surface area contributed by atoms with Gasteiger partial charge in [-0.3, -0.25) is 4.90 Å². The maximum atomic E-state index is 12.6. The summed E-state index contributed by atoms with van der Waals surface area (Å²) in [4.78, 5) is 2.53. The first-order valence-electron chi connectivity index (χ1n) is 7.87. The van der Waals surface area contributed by atoms with Crippen LogP contribution in [0.5, 0.6) is 0 Å². The molecule has 0 saturated carbocycles. The lowest BCUT2D eigenvalue weighted by molar-refractivity contribution is 0.181. The molecule has 124 valence electrons. The second-order valence-electron chi connectivity index (χ2n) is 5.76. The van der Waals surface area contributed by atoms with Crippen molar-refractivity contribution in [2.24, 2.45) is 0 Å². The second kappa shape index (κ2) is 7.14. The molecule has 1 aliphatic heterocycles. The normalized spacial score (nSPS) is 16.6. The average molecular weight is 341 g/mol. The third-order valence-electron chi connectivity index (χ3n) is 4.24. The van der Waals surface area contributed by atoms with Crippen LogP contribution in [0, 0.1) is 11.3 Å². The van der Waals surface area contributed by atoms with E-state index in [-0.39, 0.29) is 0 Å². The van der Waals surface area contributed by atoms with E-state index in [9.17, 15) is 8.42 Å². The molecule has 0 atom stereocenters. The molecule has 6 heteroatoms. The standard InChI is InChI=1S/C18H19N3O2S/c19-14-16-6-4-5-7-17(16)15-20-10-12-21(13-11-20)24(22,23)18-8-2-1-3-9-18/h1-9H,10-13,15H2. The molecule has 1 saturated heterocycles. The molecule has 2 aromatic rings. The third kappa shape index (κ3) is 3.49. The highest BCUT2D eigenvalue weighted by Gasteiger charge is 2.28. The molecule has 3 rings (SSSR count). The lowest BCUT2D eigenvalue weighted by atomic mass is 10.1. The van der Waals surface area contributed by atoms with Gasteiger partial charge in [0.15, 0.2) is 0 Å². The number of sulfonamides is 1. The molecule has 0 bridgehead atoms. The number of rotatable bonds is 4. The fourth-order valence-corrected chi connectivity index (χ4v) is 4.32. The van der Waals surface area contributed by atoms with E-state index in [0.717, 1.165) is 5.56 Å². The van der Waals surface area contributed by atoms with Crippen LogP contribution in [-0.4, -0.2) is 43.8 Å². The van der Waals surface area contributed by atoms with E-state index in [4.69, 9.17) is 5.26 Å². The molecule has 0 spiro atoms. The largest absolute Gasteiger partial charge is 0.296 e.